The number of nitrogens with zero attached hydrogens (tertiary/aromatic N) is 1. The molecule has 0 aliphatic carbocycles. The van der Waals surface area contributed by atoms with Crippen LogP contribution in [-0.4, -0.2) is 13.7 Å². The molecular formula is C9H8ClFN2O2S. The van der Waals surface area contributed by atoms with E-state index in [0.717, 1.165) is 12.1 Å². The molecule has 7 heteroatoms. The van der Waals surface area contributed by atoms with Crippen LogP contribution in [0.2, 0.25) is 5.02 Å². The topological polar surface area (TPSA) is 70.0 Å². The third kappa shape index (κ3) is 2.84. The molecule has 1 atom stereocenters. The number of benzene rings is 1. The molecule has 0 saturated heterocycles. The predicted octanol–water partition coefficient (Wildman–Crippen LogP) is 2.13. The first-order chi connectivity index (χ1) is 7.36. The van der Waals surface area contributed by atoms with Gasteiger partial charge in [-0.25, -0.2) is 12.8 Å². The summed E-state index contributed by atoms with van der Waals surface area (Å²) in [4.78, 5) is 0. The minimum atomic E-state index is -3.86. The van der Waals surface area contributed by atoms with E-state index in [4.69, 9.17) is 16.9 Å². The molecule has 0 aliphatic rings. The van der Waals surface area contributed by atoms with Gasteiger partial charge in [-0.3, -0.25) is 4.72 Å². The molecule has 16 heavy (non-hydrogen) atoms. The highest BCUT2D eigenvalue weighted by Crippen LogP contribution is 2.24. The van der Waals surface area contributed by atoms with Crippen molar-refractivity contribution in [3.8, 4) is 6.07 Å². The lowest BCUT2D eigenvalue weighted by atomic mass is 10.3. The van der Waals surface area contributed by atoms with Gasteiger partial charge >= 0.3 is 0 Å². The van der Waals surface area contributed by atoms with Crippen LogP contribution < -0.4 is 4.72 Å². The summed E-state index contributed by atoms with van der Waals surface area (Å²) in [5.41, 5.74) is -0.0798. The Morgan fingerprint density at radius 1 is 1.56 bits per heavy atom. The maximum atomic E-state index is 12.8. The molecule has 0 saturated carbocycles. The normalized spacial score (nSPS) is 12.9. The molecule has 86 valence electrons. The summed E-state index contributed by atoms with van der Waals surface area (Å²) in [6.45, 7) is 1.22. The zero-order valence-corrected chi connectivity index (χ0v) is 9.81. The van der Waals surface area contributed by atoms with Gasteiger partial charge < -0.3 is 0 Å². The van der Waals surface area contributed by atoms with Crippen molar-refractivity contribution in [1.29, 1.82) is 5.26 Å². The molecule has 0 amide bonds. The highest BCUT2D eigenvalue weighted by molar-refractivity contribution is 7.93. The lowest BCUT2D eigenvalue weighted by Crippen LogP contribution is -2.24. The average molecular weight is 263 g/mol. The summed E-state index contributed by atoms with van der Waals surface area (Å²) in [5.74, 6) is -0.619. The van der Waals surface area contributed by atoms with Crippen molar-refractivity contribution in [1.82, 2.24) is 0 Å². The Morgan fingerprint density at radius 3 is 2.75 bits per heavy atom. The summed E-state index contributed by atoms with van der Waals surface area (Å²) < 4.78 is 37.9. The fraction of sp³-hybridized carbons (Fsp3) is 0.222. The van der Waals surface area contributed by atoms with E-state index in [1.807, 2.05) is 0 Å². The van der Waals surface area contributed by atoms with Crippen LogP contribution in [0.1, 0.15) is 6.92 Å². The minimum Gasteiger partial charge on any atom is -0.281 e. The average Bonchev–Trinajstić information content (AvgIpc) is 2.22. The number of nitrogens with one attached hydrogen (secondary N) is 1. The molecule has 0 spiro atoms. The van der Waals surface area contributed by atoms with Gasteiger partial charge in [0.05, 0.1) is 16.8 Å². The Morgan fingerprint density at radius 2 is 2.19 bits per heavy atom. The molecule has 0 radical (unpaired) electrons. The third-order valence-corrected chi connectivity index (χ3v) is 3.70. The first-order valence-electron chi connectivity index (χ1n) is 4.23. The van der Waals surface area contributed by atoms with Crippen molar-refractivity contribution in [3.05, 3.63) is 29.0 Å². The summed E-state index contributed by atoms with van der Waals surface area (Å²) in [6, 6.07) is 4.85. The van der Waals surface area contributed by atoms with Gasteiger partial charge in [0.15, 0.2) is 5.25 Å². The third-order valence-electron chi connectivity index (χ3n) is 1.83. The highest BCUT2D eigenvalue weighted by atomic mass is 35.5. The molecule has 1 aromatic carbocycles. The lowest BCUT2D eigenvalue weighted by molar-refractivity contribution is 0.597. The smallest absolute Gasteiger partial charge is 0.248 e. The zero-order valence-electron chi connectivity index (χ0n) is 8.24. The molecule has 4 nitrogen and oxygen atoms in total. The van der Waals surface area contributed by atoms with E-state index in [-0.39, 0.29) is 10.7 Å². The molecule has 1 N–H and O–H groups in total. The van der Waals surface area contributed by atoms with Gasteiger partial charge in [-0.15, -0.1) is 0 Å². The van der Waals surface area contributed by atoms with Gasteiger partial charge in [-0.05, 0) is 25.1 Å². The number of hydrogen-bond donors (Lipinski definition) is 1. The molecule has 0 fully saturated rings. The number of rotatable bonds is 3. The summed E-state index contributed by atoms with van der Waals surface area (Å²) >= 11 is 5.67. The van der Waals surface area contributed by atoms with Gasteiger partial charge in [-0.1, -0.05) is 11.6 Å². The van der Waals surface area contributed by atoms with Crippen molar-refractivity contribution >= 4 is 27.3 Å². The Bertz CT molecular complexity index is 539. The number of nitriles is 1. The van der Waals surface area contributed by atoms with Crippen molar-refractivity contribution in [2.45, 2.75) is 12.2 Å². The second-order valence-electron chi connectivity index (χ2n) is 3.04. The van der Waals surface area contributed by atoms with Crippen LogP contribution in [-0.2, 0) is 10.0 Å². The van der Waals surface area contributed by atoms with Crippen molar-refractivity contribution < 1.29 is 12.8 Å². The Hall–Kier alpha value is -1.32. The fourth-order valence-electron chi connectivity index (χ4n) is 0.887. The van der Waals surface area contributed by atoms with Crippen LogP contribution in [0.3, 0.4) is 0 Å². The van der Waals surface area contributed by atoms with Crippen LogP contribution >= 0.6 is 11.6 Å². The molecule has 1 rings (SSSR count). The molecule has 1 aromatic rings. The van der Waals surface area contributed by atoms with E-state index >= 15 is 0 Å². The van der Waals surface area contributed by atoms with Gasteiger partial charge in [0.2, 0.25) is 10.0 Å². The Balaban J connectivity index is 3.07. The first-order valence-corrected chi connectivity index (χ1v) is 6.15. The Kier molecular flexibility index (Phi) is 3.73. The molecule has 0 aliphatic heterocycles. The van der Waals surface area contributed by atoms with E-state index in [1.165, 1.54) is 13.0 Å². The quantitative estimate of drug-likeness (QED) is 0.907. The zero-order chi connectivity index (χ0) is 12.3. The monoisotopic (exact) mass is 262 g/mol. The van der Waals surface area contributed by atoms with E-state index in [1.54, 1.807) is 6.07 Å². The predicted molar refractivity (Wildman–Crippen MR) is 59.0 cm³/mol. The van der Waals surface area contributed by atoms with Crippen LogP contribution in [0, 0.1) is 17.1 Å². The second kappa shape index (κ2) is 4.68. The standard InChI is InChI=1S/C9H8ClFN2O2S/c1-6(5-12)16(14,15)13-9-4-7(11)2-3-8(9)10/h2-4,6,13H,1H3. The summed E-state index contributed by atoms with van der Waals surface area (Å²) in [6.07, 6.45) is 0. The van der Waals surface area contributed by atoms with Crippen molar-refractivity contribution in [2.24, 2.45) is 0 Å². The summed E-state index contributed by atoms with van der Waals surface area (Å²) in [7, 11) is -3.86. The maximum absolute atomic E-state index is 12.8. The largest absolute Gasteiger partial charge is 0.281 e. The van der Waals surface area contributed by atoms with E-state index in [0.29, 0.717) is 0 Å². The summed E-state index contributed by atoms with van der Waals surface area (Å²) in [5, 5.41) is 7.32. The number of halogens is 2. The Labute approximate surface area is 97.7 Å². The minimum absolute atomic E-state index is 0.0649. The molecule has 0 bridgehead atoms. The molecule has 0 heterocycles. The highest BCUT2D eigenvalue weighted by Gasteiger charge is 2.21. The van der Waals surface area contributed by atoms with E-state index in [9.17, 15) is 12.8 Å². The van der Waals surface area contributed by atoms with Gasteiger partial charge in [0.1, 0.15) is 5.82 Å². The van der Waals surface area contributed by atoms with Crippen LogP contribution in [0.4, 0.5) is 10.1 Å². The van der Waals surface area contributed by atoms with Crippen molar-refractivity contribution in [3.63, 3.8) is 0 Å². The molecule has 1 unspecified atom stereocenters. The van der Waals surface area contributed by atoms with E-state index in [2.05, 4.69) is 4.72 Å². The van der Waals surface area contributed by atoms with E-state index < -0.39 is 21.1 Å². The number of hydrogen-bond acceptors (Lipinski definition) is 3. The molecule has 0 aromatic heterocycles. The lowest BCUT2D eigenvalue weighted by Gasteiger charge is -2.10. The van der Waals surface area contributed by atoms with Gasteiger partial charge in [0, 0.05) is 0 Å². The SMILES string of the molecule is CC(C#N)S(=O)(=O)Nc1cc(F)ccc1Cl. The van der Waals surface area contributed by atoms with Crippen LogP contribution in [0.25, 0.3) is 0 Å². The van der Waals surface area contributed by atoms with Crippen LogP contribution in [0.15, 0.2) is 18.2 Å². The van der Waals surface area contributed by atoms with Gasteiger partial charge in [-0.2, -0.15) is 5.26 Å². The van der Waals surface area contributed by atoms with Gasteiger partial charge in [0.25, 0.3) is 0 Å². The maximum Gasteiger partial charge on any atom is 0.248 e. The number of anilines is 1. The fourth-order valence-corrected chi connectivity index (χ4v) is 1.90. The number of sulfonamides is 1. The van der Waals surface area contributed by atoms with Crippen molar-refractivity contribution in [2.75, 3.05) is 4.72 Å². The second-order valence-corrected chi connectivity index (χ2v) is 5.45. The molecular weight excluding hydrogens is 255 g/mol. The first kappa shape index (κ1) is 12.7. The van der Waals surface area contributed by atoms with Crippen LogP contribution in [0.5, 0.6) is 0 Å².